The van der Waals surface area contributed by atoms with Crippen LogP contribution in [0.25, 0.3) is 10.8 Å². The lowest BCUT2D eigenvalue weighted by atomic mass is 10.1. The van der Waals surface area contributed by atoms with Crippen molar-refractivity contribution in [3.05, 3.63) is 60.4 Å². The van der Waals surface area contributed by atoms with Crippen LogP contribution in [0, 0.1) is 0 Å². The van der Waals surface area contributed by atoms with Crippen molar-refractivity contribution in [3.8, 4) is 0 Å². The lowest BCUT2D eigenvalue weighted by Gasteiger charge is -2.11. The zero-order valence-electron chi connectivity index (χ0n) is 13.0. The van der Waals surface area contributed by atoms with Gasteiger partial charge in [-0.1, -0.05) is 18.2 Å². The van der Waals surface area contributed by atoms with Gasteiger partial charge in [0, 0.05) is 41.0 Å². The van der Waals surface area contributed by atoms with Gasteiger partial charge in [-0.05, 0) is 30.0 Å². The molecule has 0 aliphatic heterocycles. The molecule has 0 fully saturated rings. The normalized spacial score (nSPS) is 11.7. The minimum Gasteiger partial charge on any atom is -0.355 e. The van der Waals surface area contributed by atoms with E-state index in [0.29, 0.717) is 23.5 Å². The molecule has 3 nitrogen and oxygen atoms in total. The van der Waals surface area contributed by atoms with Crippen LogP contribution in [0.2, 0.25) is 0 Å². The van der Waals surface area contributed by atoms with Crippen LogP contribution < -0.4 is 5.32 Å². The standard InChI is InChI=1S/C18H15F3N2OS/c19-18(20,21)13-4-2-5-14(9-13)22-16-6-1-3-12-10-23(11-15(12)16)17(24)7-8-25/h1-6,9-11,22,25H,7-8H2. The number of carbonyl (C=O) groups is 1. The first kappa shape index (κ1) is 17.4. The second-order valence-electron chi connectivity index (χ2n) is 5.54. The summed E-state index contributed by atoms with van der Waals surface area (Å²) in [5.74, 6) is 0.360. The predicted molar refractivity (Wildman–Crippen MR) is 95.8 cm³/mol. The van der Waals surface area contributed by atoms with E-state index >= 15 is 0 Å². The van der Waals surface area contributed by atoms with Gasteiger partial charge in [0.2, 0.25) is 5.91 Å². The van der Waals surface area contributed by atoms with Gasteiger partial charge in [0.25, 0.3) is 0 Å². The molecule has 0 amide bonds. The highest BCUT2D eigenvalue weighted by atomic mass is 32.1. The Morgan fingerprint density at radius 2 is 1.88 bits per heavy atom. The third kappa shape index (κ3) is 3.82. The number of hydrogen-bond donors (Lipinski definition) is 2. The van der Waals surface area contributed by atoms with Gasteiger partial charge >= 0.3 is 6.18 Å². The number of aromatic nitrogens is 1. The Bertz CT molecular complexity index is 918. The fourth-order valence-corrected chi connectivity index (χ4v) is 2.76. The number of anilines is 2. The number of fused-ring (bicyclic) bond motifs is 1. The maximum atomic E-state index is 12.8. The van der Waals surface area contributed by atoms with E-state index in [1.54, 1.807) is 30.6 Å². The zero-order valence-corrected chi connectivity index (χ0v) is 13.9. The van der Waals surface area contributed by atoms with Gasteiger partial charge < -0.3 is 5.32 Å². The highest BCUT2D eigenvalue weighted by Gasteiger charge is 2.30. The summed E-state index contributed by atoms with van der Waals surface area (Å²) < 4.78 is 40.0. The zero-order chi connectivity index (χ0) is 18.0. The Hall–Kier alpha value is -2.41. The summed E-state index contributed by atoms with van der Waals surface area (Å²) in [6, 6.07) is 10.4. The molecule has 0 bridgehead atoms. The summed E-state index contributed by atoms with van der Waals surface area (Å²) in [6.45, 7) is 0. The Labute approximate surface area is 147 Å². The average molecular weight is 364 g/mol. The highest BCUT2D eigenvalue weighted by Crippen LogP contribution is 2.33. The molecule has 0 saturated heterocycles. The Morgan fingerprint density at radius 1 is 1.12 bits per heavy atom. The lowest BCUT2D eigenvalue weighted by Crippen LogP contribution is -2.07. The average Bonchev–Trinajstić information content (AvgIpc) is 3.00. The number of halogens is 3. The molecule has 0 spiro atoms. The molecular weight excluding hydrogens is 349 g/mol. The van der Waals surface area contributed by atoms with Gasteiger partial charge in [-0.3, -0.25) is 9.36 Å². The molecule has 0 saturated carbocycles. The van der Waals surface area contributed by atoms with Crippen LogP contribution in [0.4, 0.5) is 24.5 Å². The van der Waals surface area contributed by atoms with Gasteiger partial charge in [0.15, 0.2) is 0 Å². The number of rotatable bonds is 4. The van der Waals surface area contributed by atoms with Crippen molar-refractivity contribution in [1.82, 2.24) is 4.57 Å². The summed E-state index contributed by atoms with van der Waals surface area (Å²) in [5.41, 5.74) is 0.247. The van der Waals surface area contributed by atoms with Crippen molar-refractivity contribution in [3.63, 3.8) is 0 Å². The number of alkyl halides is 3. The van der Waals surface area contributed by atoms with Crippen LogP contribution in [0.15, 0.2) is 54.9 Å². The van der Waals surface area contributed by atoms with Crippen LogP contribution in [0.1, 0.15) is 16.8 Å². The van der Waals surface area contributed by atoms with Crippen molar-refractivity contribution in [2.75, 3.05) is 11.1 Å². The van der Waals surface area contributed by atoms with Crippen LogP contribution in [0.5, 0.6) is 0 Å². The number of thiol groups is 1. The van der Waals surface area contributed by atoms with Gasteiger partial charge in [-0.15, -0.1) is 0 Å². The van der Waals surface area contributed by atoms with Crippen LogP contribution >= 0.6 is 12.6 Å². The number of carbonyl (C=O) groups excluding carboxylic acids is 1. The number of nitrogens with one attached hydrogen (secondary N) is 1. The molecule has 25 heavy (non-hydrogen) atoms. The molecular formula is C18H15F3N2OS. The second kappa shape index (κ2) is 6.84. The van der Waals surface area contributed by atoms with E-state index in [-0.39, 0.29) is 5.91 Å². The van der Waals surface area contributed by atoms with E-state index in [2.05, 4.69) is 17.9 Å². The fourth-order valence-electron chi connectivity index (χ4n) is 2.57. The van der Waals surface area contributed by atoms with Crippen LogP contribution in [-0.2, 0) is 6.18 Å². The third-order valence-electron chi connectivity index (χ3n) is 3.77. The fraction of sp³-hybridized carbons (Fsp3) is 0.167. The molecule has 7 heteroatoms. The van der Waals surface area contributed by atoms with Gasteiger partial charge in [-0.2, -0.15) is 25.8 Å². The maximum absolute atomic E-state index is 12.8. The Morgan fingerprint density at radius 3 is 2.60 bits per heavy atom. The molecule has 3 rings (SSSR count). The Balaban J connectivity index is 1.95. The minimum absolute atomic E-state index is 0.0868. The highest BCUT2D eigenvalue weighted by molar-refractivity contribution is 7.80. The van der Waals surface area contributed by atoms with Gasteiger partial charge in [-0.25, -0.2) is 0 Å². The van der Waals surface area contributed by atoms with Crippen molar-refractivity contribution < 1.29 is 18.0 Å². The summed E-state index contributed by atoms with van der Waals surface area (Å²) in [4.78, 5) is 12.0. The molecule has 1 heterocycles. The smallest absolute Gasteiger partial charge is 0.355 e. The van der Waals surface area contributed by atoms with Crippen molar-refractivity contribution in [2.24, 2.45) is 0 Å². The Kier molecular flexibility index (Phi) is 4.76. The topological polar surface area (TPSA) is 34.0 Å². The van der Waals surface area contributed by atoms with E-state index in [4.69, 9.17) is 0 Å². The molecule has 0 atom stereocenters. The quantitative estimate of drug-likeness (QED) is 0.611. The largest absolute Gasteiger partial charge is 0.416 e. The lowest BCUT2D eigenvalue weighted by molar-refractivity contribution is -0.137. The molecule has 2 aromatic carbocycles. The molecule has 0 aliphatic carbocycles. The van der Waals surface area contributed by atoms with Crippen molar-refractivity contribution >= 4 is 40.7 Å². The molecule has 1 N–H and O–H groups in total. The molecule has 0 radical (unpaired) electrons. The monoisotopic (exact) mass is 364 g/mol. The molecule has 0 unspecified atom stereocenters. The number of hydrogen-bond acceptors (Lipinski definition) is 3. The second-order valence-corrected chi connectivity index (χ2v) is 5.99. The third-order valence-corrected chi connectivity index (χ3v) is 3.99. The first-order valence-electron chi connectivity index (χ1n) is 7.57. The molecule has 130 valence electrons. The predicted octanol–water partition coefficient (Wildman–Crippen LogP) is 5.36. The van der Waals surface area contributed by atoms with Crippen LogP contribution in [0.3, 0.4) is 0 Å². The van der Waals surface area contributed by atoms with E-state index in [0.717, 1.165) is 22.9 Å². The van der Waals surface area contributed by atoms with Crippen molar-refractivity contribution in [1.29, 1.82) is 0 Å². The summed E-state index contributed by atoms with van der Waals surface area (Å²) in [7, 11) is 0. The van der Waals surface area contributed by atoms with E-state index in [1.807, 2.05) is 6.07 Å². The molecule has 3 aromatic rings. The first-order chi connectivity index (χ1) is 11.9. The van der Waals surface area contributed by atoms with Gasteiger partial charge in [0.05, 0.1) is 5.56 Å². The number of benzene rings is 2. The van der Waals surface area contributed by atoms with E-state index in [9.17, 15) is 18.0 Å². The van der Waals surface area contributed by atoms with Crippen molar-refractivity contribution in [2.45, 2.75) is 12.6 Å². The summed E-state index contributed by atoms with van der Waals surface area (Å²) >= 11 is 4.05. The minimum atomic E-state index is -4.40. The summed E-state index contributed by atoms with van der Waals surface area (Å²) in [5, 5.41) is 4.58. The van der Waals surface area contributed by atoms with E-state index < -0.39 is 11.7 Å². The molecule has 0 aliphatic rings. The first-order valence-corrected chi connectivity index (χ1v) is 8.21. The van der Waals surface area contributed by atoms with E-state index in [1.165, 1.54) is 10.6 Å². The molecule has 1 aromatic heterocycles. The van der Waals surface area contributed by atoms with Gasteiger partial charge in [0.1, 0.15) is 0 Å². The summed E-state index contributed by atoms with van der Waals surface area (Å²) in [6.07, 6.45) is -0.706. The number of nitrogens with zero attached hydrogens (tertiary/aromatic N) is 1. The van der Waals surface area contributed by atoms with Crippen LogP contribution in [-0.4, -0.2) is 16.2 Å². The SMILES string of the molecule is O=C(CCS)n1cc2cccc(Nc3cccc(C(F)(F)F)c3)c2c1. The maximum Gasteiger partial charge on any atom is 0.416 e.